The van der Waals surface area contributed by atoms with Gasteiger partial charge in [0.25, 0.3) is 5.88 Å². The van der Waals surface area contributed by atoms with E-state index in [1.165, 1.54) is 0 Å². The Morgan fingerprint density at radius 2 is 1.91 bits per heavy atom. The highest BCUT2D eigenvalue weighted by atomic mass is 16.7. The number of nitrogens with one attached hydrogen (secondary N) is 1. The molecule has 1 aliphatic heterocycles. The number of rotatable bonds is 3. The van der Waals surface area contributed by atoms with Crippen LogP contribution >= 0.6 is 0 Å². The third-order valence-electron chi connectivity index (χ3n) is 2.47. The number of carbonyl (C=O) groups is 2. The van der Waals surface area contributed by atoms with Crippen molar-refractivity contribution in [3.63, 3.8) is 0 Å². The van der Waals surface area contributed by atoms with Crippen LogP contribution in [0.1, 0.15) is 5.69 Å². The molecule has 10 nitrogen and oxygen atoms in total. The fraction of sp³-hybridized carbons (Fsp3) is 0.333. The first-order chi connectivity index (χ1) is 10.5. The molecule has 0 bridgehead atoms. The summed E-state index contributed by atoms with van der Waals surface area (Å²) in [6.45, 7) is 0.802. The summed E-state index contributed by atoms with van der Waals surface area (Å²) >= 11 is 0. The lowest BCUT2D eigenvalue weighted by molar-refractivity contribution is 0.108. The van der Waals surface area contributed by atoms with Gasteiger partial charge in [0.1, 0.15) is 12.3 Å². The molecule has 0 fully saturated rings. The highest BCUT2D eigenvalue weighted by Crippen LogP contribution is 2.22. The molecule has 0 radical (unpaired) electrons. The van der Waals surface area contributed by atoms with E-state index in [4.69, 9.17) is 9.47 Å². The number of aromatic amines is 1. The number of H-pyrrole nitrogens is 1. The van der Waals surface area contributed by atoms with E-state index in [2.05, 4.69) is 24.2 Å². The zero-order chi connectivity index (χ0) is 16.1. The van der Waals surface area contributed by atoms with Gasteiger partial charge < -0.3 is 28.7 Å². The monoisotopic (exact) mass is 312 g/mol. The van der Waals surface area contributed by atoms with E-state index in [0.29, 0.717) is 13.2 Å². The second-order valence-electron chi connectivity index (χ2n) is 3.85. The number of aromatic nitrogens is 1. The SMILES string of the molecule is COC(=O)Oc1[nH]c(C2=NCCO2)cc(=O)c1OC(=O)OC. The molecule has 0 saturated heterocycles. The molecule has 0 atom stereocenters. The van der Waals surface area contributed by atoms with Crippen molar-refractivity contribution in [2.45, 2.75) is 0 Å². The smallest absolute Gasteiger partial charge is 0.474 e. The lowest BCUT2D eigenvalue weighted by Gasteiger charge is -2.10. The van der Waals surface area contributed by atoms with Crippen molar-refractivity contribution in [1.29, 1.82) is 0 Å². The van der Waals surface area contributed by atoms with Gasteiger partial charge in [-0.3, -0.25) is 4.79 Å². The van der Waals surface area contributed by atoms with E-state index < -0.39 is 29.4 Å². The molecule has 0 saturated carbocycles. The van der Waals surface area contributed by atoms with Gasteiger partial charge in [-0.2, -0.15) is 0 Å². The number of hydrogen-bond acceptors (Lipinski definition) is 9. The average Bonchev–Trinajstić information content (AvgIpc) is 3.04. The van der Waals surface area contributed by atoms with E-state index in [1.807, 2.05) is 0 Å². The van der Waals surface area contributed by atoms with Crippen LogP contribution in [0, 0.1) is 0 Å². The van der Waals surface area contributed by atoms with Crippen molar-refractivity contribution >= 4 is 18.2 Å². The lowest BCUT2D eigenvalue weighted by Crippen LogP contribution is -2.20. The van der Waals surface area contributed by atoms with Crippen molar-refractivity contribution in [3.05, 3.63) is 22.0 Å². The van der Waals surface area contributed by atoms with Crippen LogP contribution in [0.25, 0.3) is 0 Å². The van der Waals surface area contributed by atoms with Crippen molar-refractivity contribution < 1.29 is 33.3 Å². The maximum Gasteiger partial charge on any atom is 0.514 e. The minimum absolute atomic E-state index is 0.165. The molecule has 1 aliphatic rings. The molecule has 0 unspecified atom stereocenters. The Kier molecular flexibility index (Phi) is 4.61. The third-order valence-corrected chi connectivity index (χ3v) is 2.47. The Hall–Kier alpha value is -3.04. The molecule has 2 heterocycles. The van der Waals surface area contributed by atoms with Gasteiger partial charge in [-0.25, -0.2) is 14.6 Å². The minimum Gasteiger partial charge on any atom is -0.474 e. The Balaban J connectivity index is 2.44. The summed E-state index contributed by atoms with van der Waals surface area (Å²) < 4.78 is 23.2. The largest absolute Gasteiger partial charge is 0.514 e. The van der Waals surface area contributed by atoms with Crippen LogP contribution in [0.4, 0.5) is 9.59 Å². The fourth-order valence-corrected chi connectivity index (χ4v) is 1.56. The van der Waals surface area contributed by atoms with E-state index in [9.17, 15) is 14.4 Å². The lowest BCUT2D eigenvalue weighted by atomic mass is 10.3. The first-order valence-corrected chi connectivity index (χ1v) is 6.01. The van der Waals surface area contributed by atoms with Crippen molar-refractivity contribution in [2.75, 3.05) is 27.4 Å². The van der Waals surface area contributed by atoms with Crippen molar-refractivity contribution in [2.24, 2.45) is 4.99 Å². The fourth-order valence-electron chi connectivity index (χ4n) is 1.56. The highest BCUT2D eigenvalue weighted by Gasteiger charge is 2.22. The summed E-state index contributed by atoms with van der Waals surface area (Å²) in [6, 6.07) is 1.09. The number of carbonyl (C=O) groups excluding carboxylic acids is 2. The highest BCUT2D eigenvalue weighted by molar-refractivity contribution is 5.93. The number of ether oxygens (including phenoxy) is 5. The molecule has 1 aromatic rings. The number of methoxy groups -OCH3 is 2. The summed E-state index contributed by atoms with van der Waals surface area (Å²) in [4.78, 5) is 41.0. The Morgan fingerprint density at radius 1 is 1.23 bits per heavy atom. The van der Waals surface area contributed by atoms with Crippen LogP contribution < -0.4 is 14.9 Å². The molecule has 118 valence electrons. The zero-order valence-corrected chi connectivity index (χ0v) is 11.7. The Bertz CT molecular complexity index is 678. The standard InChI is InChI=1S/C12H12N2O8/c1-18-11(16)21-8-7(15)5-6(9-13-3-4-20-9)14-10(8)22-12(17)19-2/h5H,3-4H2,1-2H3,(H,14,15). The Morgan fingerprint density at radius 3 is 2.50 bits per heavy atom. The predicted octanol–water partition coefficient (Wildman–Crippen LogP) is 0.442. The van der Waals surface area contributed by atoms with Gasteiger partial charge in [0.2, 0.25) is 17.1 Å². The maximum atomic E-state index is 12.0. The first kappa shape index (κ1) is 15.4. The summed E-state index contributed by atoms with van der Waals surface area (Å²) in [7, 11) is 2.14. The van der Waals surface area contributed by atoms with Crippen LogP contribution in [-0.2, 0) is 14.2 Å². The van der Waals surface area contributed by atoms with Crippen molar-refractivity contribution in [3.8, 4) is 11.6 Å². The summed E-state index contributed by atoms with van der Waals surface area (Å²) in [5, 5.41) is 0. The predicted molar refractivity (Wildman–Crippen MR) is 70.5 cm³/mol. The number of hydrogen-bond donors (Lipinski definition) is 1. The van der Waals surface area contributed by atoms with Gasteiger partial charge >= 0.3 is 12.3 Å². The van der Waals surface area contributed by atoms with E-state index in [1.54, 1.807) is 0 Å². The minimum atomic E-state index is -1.15. The summed E-state index contributed by atoms with van der Waals surface area (Å²) in [6.07, 6.45) is -2.26. The second-order valence-corrected chi connectivity index (χ2v) is 3.85. The topological polar surface area (TPSA) is 126 Å². The molecular weight excluding hydrogens is 300 g/mol. The summed E-state index contributed by atoms with van der Waals surface area (Å²) in [5.41, 5.74) is -0.574. The van der Waals surface area contributed by atoms with Gasteiger partial charge in [-0.15, -0.1) is 0 Å². The quantitative estimate of drug-likeness (QED) is 0.797. The number of aliphatic imine (C=N–C) groups is 1. The van der Waals surface area contributed by atoms with Gasteiger partial charge in [0.05, 0.1) is 20.8 Å². The molecule has 22 heavy (non-hydrogen) atoms. The van der Waals surface area contributed by atoms with Crippen LogP contribution in [-0.4, -0.2) is 50.6 Å². The van der Waals surface area contributed by atoms with Crippen LogP contribution in [0.15, 0.2) is 15.9 Å². The van der Waals surface area contributed by atoms with Gasteiger partial charge in [-0.05, 0) is 0 Å². The second kappa shape index (κ2) is 6.61. The third kappa shape index (κ3) is 3.34. The molecule has 1 N–H and O–H groups in total. The molecule has 1 aromatic heterocycles. The molecule has 0 spiro atoms. The number of nitrogens with zero attached hydrogens (tertiary/aromatic N) is 1. The molecule has 2 rings (SSSR count). The normalized spacial score (nSPS) is 12.9. The maximum absolute atomic E-state index is 12.0. The zero-order valence-electron chi connectivity index (χ0n) is 11.7. The van der Waals surface area contributed by atoms with E-state index in [-0.39, 0.29) is 11.6 Å². The van der Waals surface area contributed by atoms with Gasteiger partial charge in [0, 0.05) is 6.07 Å². The number of pyridine rings is 1. The molecule has 0 aromatic carbocycles. The molecular formula is C12H12N2O8. The van der Waals surface area contributed by atoms with Gasteiger partial charge in [-0.1, -0.05) is 0 Å². The van der Waals surface area contributed by atoms with E-state index >= 15 is 0 Å². The average molecular weight is 312 g/mol. The molecule has 10 heteroatoms. The molecule has 0 aliphatic carbocycles. The van der Waals surface area contributed by atoms with Crippen LogP contribution in [0.3, 0.4) is 0 Å². The molecule has 0 amide bonds. The van der Waals surface area contributed by atoms with Crippen LogP contribution in [0.5, 0.6) is 11.6 Å². The summed E-state index contributed by atoms with van der Waals surface area (Å²) in [5.74, 6) is -0.811. The van der Waals surface area contributed by atoms with Crippen molar-refractivity contribution in [1.82, 2.24) is 4.98 Å². The van der Waals surface area contributed by atoms with Crippen LogP contribution in [0.2, 0.25) is 0 Å². The van der Waals surface area contributed by atoms with E-state index in [0.717, 1.165) is 20.3 Å². The Labute approximate surface area is 123 Å². The first-order valence-electron chi connectivity index (χ1n) is 6.01. The van der Waals surface area contributed by atoms with Gasteiger partial charge in [0.15, 0.2) is 0 Å².